The number of hydrogen-bond acceptors (Lipinski definition) is 6. The maximum Gasteiger partial charge on any atom is 0.228 e. The zero-order valence-corrected chi connectivity index (χ0v) is 12.8. The maximum absolute atomic E-state index is 9.41. The molecule has 1 aliphatic rings. The smallest absolute Gasteiger partial charge is 0.228 e. The van der Waals surface area contributed by atoms with Crippen molar-refractivity contribution in [3.8, 4) is 11.6 Å². The molecule has 6 heteroatoms. The summed E-state index contributed by atoms with van der Waals surface area (Å²) in [6.07, 6.45) is 0. The minimum atomic E-state index is 0.185. The van der Waals surface area contributed by atoms with Crippen LogP contribution in [0.25, 0.3) is 0 Å². The fraction of sp³-hybridized carbons (Fsp3) is 0.375. The van der Waals surface area contributed by atoms with E-state index >= 15 is 0 Å². The summed E-state index contributed by atoms with van der Waals surface area (Å²) in [5, 5.41) is 12.9. The van der Waals surface area contributed by atoms with E-state index in [4.69, 9.17) is 4.74 Å². The molecule has 1 unspecified atom stereocenters. The Hall–Kier alpha value is -2.34. The van der Waals surface area contributed by atoms with Crippen LogP contribution in [0, 0.1) is 6.92 Å². The van der Waals surface area contributed by atoms with Gasteiger partial charge in [-0.25, -0.2) is 4.98 Å². The van der Waals surface area contributed by atoms with Gasteiger partial charge in [0.05, 0.1) is 7.11 Å². The minimum absolute atomic E-state index is 0.185. The van der Waals surface area contributed by atoms with Crippen molar-refractivity contribution in [1.29, 1.82) is 0 Å². The Labute approximate surface area is 129 Å². The molecule has 0 amide bonds. The molecule has 0 saturated carbocycles. The van der Waals surface area contributed by atoms with Crippen molar-refractivity contribution >= 4 is 5.95 Å². The monoisotopic (exact) mass is 300 g/mol. The second-order valence-corrected chi connectivity index (χ2v) is 5.40. The summed E-state index contributed by atoms with van der Waals surface area (Å²) in [5.41, 5.74) is 2.03. The number of aromatic hydroxyl groups is 1. The Balaban J connectivity index is 1.81. The first-order valence-electron chi connectivity index (χ1n) is 7.32. The Bertz CT molecular complexity index is 645. The number of methoxy groups -OCH3 is 1. The molecule has 6 nitrogen and oxygen atoms in total. The first-order chi connectivity index (χ1) is 10.7. The van der Waals surface area contributed by atoms with E-state index in [9.17, 15) is 5.11 Å². The van der Waals surface area contributed by atoms with Gasteiger partial charge in [-0.15, -0.1) is 0 Å². The number of anilines is 1. The average Bonchev–Trinajstić information content (AvgIpc) is 2.55. The van der Waals surface area contributed by atoms with Gasteiger partial charge in [0, 0.05) is 37.4 Å². The molecule has 1 fully saturated rings. The number of rotatable bonds is 3. The highest BCUT2D eigenvalue weighted by molar-refractivity contribution is 5.37. The SMILES string of the molecule is COc1cc(C)nc(N2CCNC(c3ccc(O)cc3)C2)n1. The quantitative estimate of drug-likeness (QED) is 0.898. The van der Waals surface area contributed by atoms with Gasteiger partial charge in [-0.05, 0) is 24.6 Å². The molecule has 0 spiro atoms. The average molecular weight is 300 g/mol. The van der Waals surface area contributed by atoms with Crippen LogP contribution in [0.1, 0.15) is 17.3 Å². The summed E-state index contributed by atoms with van der Waals surface area (Å²) < 4.78 is 5.23. The number of phenols is 1. The van der Waals surface area contributed by atoms with Crippen LogP contribution in [0.4, 0.5) is 5.95 Å². The Morgan fingerprint density at radius 2 is 2.05 bits per heavy atom. The largest absolute Gasteiger partial charge is 0.508 e. The molecule has 1 saturated heterocycles. The molecule has 1 atom stereocenters. The normalized spacial score (nSPS) is 18.3. The van der Waals surface area contributed by atoms with Crippen molar-refractivity contribution in [1.82, 2.24) is 15.3 Å². The fourth-order valence-electron chi connectivity index (χ4n) is 2.63. The first kappa shape index (κ1) is 14.6. The molecule has 0 radical (unpaired) electrons. The molecule has 0 bridgehead atoms. The molecule has 1 aliphatic heterocycles. The summed E-state index contributed by atoms with van der Waals surface area (Å²) in [5.74, 6) is 1.56. The lowest BCUT2D eigenvalue weighted by atomic mass is 10.0. The summed E-state index contributed by atoms with van der Waals surface area (Å²) in [6, 6.07) is 9.31. The van der Waals surface area contributed by atoms with Gasteiger partial charge in [0.2, 0.25) is 11.8 Å². The van der Waals surface area contributed by atoms with Crippen molar-refractivity contribution < 1.29 is 9.84 Å². The van der Waals surface area contributed by atoms with Crippen LogP contribution < -0.4 is 15.0 Å². The number of benzene rings is 1. The number of hydrogen-bond donors (Lipinski definition) is 2. The summed E-state index contributed by atoms with van der Waals surface area (Å²) in [4.78, 5) is 11.1. The summed E-state index contributed by atoms with van der Waals surface area (Å²) in [6.45, 7) is 4.41. The lowest BCUT2D eigenvalue weighted by Gasteiger charge is -2.34. The third-order valence-electron chi connectivity index (χ3n) is 3.78. The van der Waals surface area contributed by atoms with Crippen LogP contribution >= 0.6 is 0 Å². The second kappa shape index (κ2) is 6.19. The van der Waals surface area contributed by atoms with Crippen molar-refractivity contribution in [3.63, 3.8) is 0 Å². The van der Waals surface area contributed by atoms with Gasteiger partial charge in [0.15, 0.2) is 0 Å². The van der Waals surface area contributed by atoms with Gasteiger partial charge in [0.1, 0.15) is 5.75 Å². The number of nitrogens with zero attached hydrogens (tertiary/aromatic N) is 3. The minimum Gasteiger partial charge on any atom is -0.508 e. The van der Waals surface area contributed by atoms with E-state index in [1.54, 1.807) is 19.2 Å². The second-order valence-electron chi connectivity index (χ2n) is 5.40. The highest BCUT2D eigenvalue weighted by atomic mass is 16.5. The predicted octanol–water partition coefficient (Wildman–Crippen LogP) is 1.65. The van der Waals surface area contributed by atoms with Crippen LogP contribution in [0.5, 0.6) is 11.6 Å². The van der Waals surface area contributed by atoms with Gasteiger partial charge >= 0.3 is 0 Å². The maximum atomic E-state index is 9.41. The highest BCUT2D eigenvalue weighted by Crippen LogP contribution is 2.23. The van der Waals surface area contributed by atoms with E-state index in [0.717, 1.165) is 30.9 Å². The Kier molecular flexibility index (Phi) is 4.11. The van der Waals surface area contributed by atoms with Crippen LogP contribution in [0.3, 0.4) is 0 Å². The van der Waals surface area contributed by atoms with E-state index in [0.29, 0.717) is 11.8 Å². The van der Waals surface area contributed by atoms with E-state index in [1.165, 1.54) is 0 Å². The van der Waals surface area contributed by atoms with E-state index in [2.05, 4.69) is 20.2 Å². The summed E-state index contributed by atoms with van der Waals surface area (Å²) >= 11 is 0. The topological polar surface area (TPSA) is 70.5 Å². The molecule has 1 aromatic carbocycles. The van der Waals surface area contributed by atoms with E-state index in [-0.39, 0.29) is 11.8 Å². The third-order valence-corrected chi connectivity index (χ3v) is 3.78. The van der Waals surface area contributed by atoms with Gasteiger partial charge in [-0.2, -0.15) is 4.98 Å². The fourth-order valence-corrected chi connectivity index (χ4v) is 2.63. The lowest BCUT2D eigenvalue weighted by molar-refractivity contribution is 0.394. The number of aryl methyl sites for hydroxylation is 1. The molecular weight excluding hydrogens is 280 g/mol. The number of piperazine rings is 1. The van der Waals surface area contributed by atoms with E-state index in [1.807, 2.05) is 25.1 Å². The number of ether oxygens (including phenoxy) is 1. The zero-order valence-electron chi connectivity index (χ0n) is 12.8. The molecule has 2 aromatic rings. The Morgan fingerprint density at radius 3 is 2.77 bits per heavy atom. The van der Waals surface area contributed by atoms with Crippen molar-refractivity contribution in [3.05, 3.63) is 41.6 Å². The number of aromatic nitrogens is 2. The zero-order chi connectivity index (χ0) is 15.5. The molecular formula is C16H20N4O2. The molecule has 0 aliphatic carbocycles. The van der Waals surface area contributed by atoms with Crippen LogP contribution in [-0.4, -0.2) is 41.8 Å². The summed E-state index contributed by atoms with van der Waals surface area (Å²) in [7, 11) is 1.61. The molecule has 2 N–H and O–H groups in total. The van der Waals surface area contributed by atoms with Gasteiger partial charge in [0.25, 0.3) is 0 Å². The highest BCUT2D eigenvalue weighted by Gasteiger charge is 2.23. The predicted molar refractivity (Wildman–Crippen MR) is 84.4 cm³/mol. The molecule has 1 aromatic heterocycles. The van der Waals surface area contributed by atoms with Crippen molar-refractivity contribution in [2.24, 2.45) is 0 Å². The standard InChI is InChI=1S/C16H20N4O2/c1-11-9-15(22-2)19-16(18-11)20-8-7-17-14(10-20)12-3-5-13(21)6-4-12/h3-6,9,14,17,21H,7-8,10H2,1-2H3. The van der Waals surface area contributed by atoms with Crippen LogP contribution in [0.2, 0.25) is 0 Å². The van der Waals surface area contributed by atoms with Crippen molar-refractivity contribution in [2.45, 2.75) is 13.0 Å². The molecule has 116 valence electrons. The van der Waals surface area contributed by atoms with Crippen LogP contribution in [0.15, 0.2) is 30.3 Å². The molecule has 3 rings (SSSR count). The lowest BCUT2D eigenvalue weighted by Crippen LogP contribution is -2.46. The number of nitrogens with one attached hydrogen (secondary N) is 1. The Morgan fingerprint density at radius 1 is 1.27 bits per heavy atom. The van der Waals surface area contributed by atoms with Crippen molar-refractivity contribution in [2.75, 3.05) is 31.6 Å². The van der Waals surface area contributed by atoms with Gasteiger partial charge in [-0.1, -0.05) is 12.1 Å². The van der Waals surface area contributed by atoms with Gasteiger partial charge < -0.3 is 20.1 Å². The van der Waals surface area contributed by atoms with Gasteiger partial charge in [-0.3, -0.25) is 0 Å². The van der Waals surface area contributed by atoms with E-state index < -0.39 is 0 Å². The first-order valence-corrected chi connectivity index (χ1v) is 7.32. The van der Waals surface area contributed by atoms with Crippen LogP contribution in [-0.2, 0) is 0 Å². The molecule has 22 heavy (non-hydrogen) atoms. The number of phenolic OH excluding ortho intramolecular Hbond substituents is 1. The third kappa shape index (κ3) is 3.12. The molecule has 2 heterocycles.